The molecule has 0 bridgehead atoms. The average molecular weight is 316 g/mol. The summed E-state index contributed by atoms with van der Waals surface area (Å²) in [4.78, 5) is 11.7. The maximum Gasteiger partial charge on any atom is 0.262 e. The number of amides is 1. The summed E-state index contributed by atoms with van der Waals surface area (Å²) in [6, 6.07) is 4.76. The molecule has 1 aromatic rings. The molecule has 1 amide bonds. The molecule has 0 aromatic heterocycles. The van der Waals surface area contributed by atoms with Crippen LogP contribution in [0.4, 0.5) is 0 Å². The number of hydrogen-bond acceptors (Lipinski definition) is 5. The second-order valence-corrected chi connectivity index (χ2v) is 7.29. The third-order valence-electron chi connectivity index (χ3n) is 2.86. The summed E-state index contributed by atoms with van der Waals surface area (Å²) in [5.41, 5.74) is 0.754. The van der Waals surface area contributed by atoms with Crippen LogP contribution in [0.15, 0.2) is 29.2 Å². The summed E-state index contributed by atoms with van der Waals surface area (Å²) in [5.74, 6) is -0.439. The van der Waals surface area contributed by atoms with E-state index in [2.05, 4.69) is 4.72 Å². The lowest BCUT2D eigenvalue weighted by Crippen LogP contribution is -2.52. The summed E-state index contributed by atoms with van der Waals surface area (Å²) in [6.07, 6.45) is 0. The van der Waals surface area contributed by atoms with Crippen LogP contribution in [-0.4, -0.2) is 32.7 Å². The highest BCUT2D eigenvalue weighted by Gasteiger charge is 2.35. The Hall–Kier alpha value is -1.64. The van der Waals surface area contributed by atoms with Gasteiger partial charge >= 0.3 is 0 Å². The van der Waals surface area contributed by atoms with E-state index < -0.39 is 27.4 Å². The number of methoxy groups -OCH3 is 1. The van der Waals surface area contributed by atoms with E-state index in [0.29, 0.717) is 5.75 Å². The first-order chi connectivity index (χ1) is 9.61. The second kappa shape index (κ2) is 6.42. The summed E-state index contributed by atoms with van der Waals surface area (Å²) < 4.78 is 32.0. The second-order valence-electron chi connectivity index (χ2n) is 5.58. The number of nitrogens with one attached hydrogen (secondary N) is 2. The molecule has 0 saturated heterocycles. The smallest absolute Gasteiger partial charge is 0.262 e. The zero-order chi connectivity index (χ0) is 16.3. The normalized spacial score (nSPS) is 13.6. The van der Waals surface area contributed by atoms with Crippen molar-refractivity contribution in [2.75, 3.05) is 7.11 Å². The molecule has 1 aromatic carbocycles. The molecule has 7 nitrogen and oxygen atoms in total. The molecule has 0 fully saturated rings. The van der Waals surface area contributed by atoms with E-state index in [0.717, 1.165) is 0 Å². The van der Waals surface area contributed by atoms with Gasteiger partial charge in [0, 0.05) is 6.07 Å². The van der Waals surface area contributed by atoms with Gasteiger partial charge in [-0.3, -0.25) is 10.0 Å². The highest BCUT2D eigenvalue weighted by molar-refractivity contribution is 7.89. The molecule has 1 rings (SSSR count). The molecule has 0 heterocycles. The Morgan fingerprint density at radius 1 is 1.33 bits per heavy atom. The Morgan fingerprint density at radius 2 is 1.95 bits per heavy atom. The monoisotopic (exact) mass is 316 g/mol. The summed E-state index contributed by atoms with van der Waals surface area (Å²) in [6.45, 7) is 5.04. The van der Waals surface area contributed by atoms with Gasteiger partial charge in [-0.25, -0.2) is 13.9 Å². The number of benzene rings is 1. The third kappa shape index (κ3) is 4.42. The van der Waals surface area contributed by atoms with Gasteiger partial charge < -0.3 is 4.74 Å². The zero-order valence-electron chi connectivity index (χ0n) is 12.4. The number of rotatable bonds is 5. The van der Waals surface area contributed by atoms with Crippen molar-refractivity contribution in [1.29, 1.82) is 0 Å². The van der Waals surface area contributed by atoms with E-state index in [1.807, 2.05) is 0 Å². The van der Waals surface area contributed by atoms with Crippen molar-refractivity contribution in [2.45, 2.75) is 31.7 Å². The van der Waals surface area contributed by atoms with Crippen molar-refractivity contribution in [3.63, 3.8) is 0 Å². The Bertz CT molecular complexity index is 607. The molecule has 118 valence electrons. The predicted octanol–water partition coefficient (Wildman–Crippen LogP) is 0.894. The van der Waals surface area contributed by atoms with Gasteiger partial charge in [0.1, 0.15) is 11.8 Å². The lowest BCUT2D eigenvalue weighted by atomic mass is 9.87. The molecule has 8 heteroatoms. The summed E-state index contributed by atoms with van der Waals surface area (Å²) in [7, 11) is -2.51. The van der Waals surface area contributed by atoms with Gasteiger partial charge in [0.25, 0.3) is 5.91 Å². The zero-order valence-corrected chi connectivity index (χ0v) is 13.2. The number of carbonyl (C=O) groups excluding carboxylic acids is 1. The minimum Gasteiger partial charge on any atom is -0.497 e. The molecular formula is C13H20N2O5S. The van der Waals surface area contributed by atoms with E-state index >= 15 is 0 Å². The third-order valence-corrected chi connectivity index (χ3v) is 4.28. The number of sulfonamides is 1. The maximum atomic E-state index is 12.3. The van der Waals surface area contributed by atoms with Crippen LogP contribution in [0.25, 0.3) is 0 Å². The maximum absolute atomic E-state index is 12.3. The highest BCUT2D eigenvalue weighted by Crippen LogP contribution is 2.23. The van der Waals surface area contributed by atoms with Gasteiger partial charge in [0.05, 0.1) is 12.0 Å². The van der Waals surface area contributed by atoms with Crippen LogP contribution in [0.5, 0.6) is 5.75 Å². The molecule has 1 atom stereocenters. The fraction of sp³-hybridized carbons (Fsp3) is 0.462. The van der Waals surface area contributed by atoms with Crippen molar-refractivity contribution in [1.82, 2.24) is 10.2 Å². The SMILES string of the molecule is COc1cccc(S(=O)(=O)N[C@@H](C(=O)NO)C(C)(C)C)c1. The Balaban J connectivity index is 3.14. The first-order valence-electron chi connectivity index (χ1n) is 6.22. The van der Waals surface area contributed by atoms with E-state index in [4.69, 9.17) is 9.94 Å². The minimum absolute atomic E-state index is 0.0261. The summed E-state index contributed by atoms with van der Waals surface area (Å²) in [5, 5.41) is 8.76. The first-order valence-corrected chi connectivity index (χ1v) is 7.70. The van der Waals surface area contributed by atoms with Crippen molar-refractivity contribution in [3.8, 4) is 5.75 Å². The van der Waals surface area contributed by atoms with Crippen LogP contribution in [0.1, 0.15) is 20.8 Å². The molecule has 21 heavy (non-hydrogen) atoms. The lowest BCUT2D eigenvalue weighted by Gasteiger charge is -2.29. The number of ether oxygens (including phenoxy) is 1. The average Bonchev–Trinajstić information content (AvgIpc) is 2.43. The van der Waals surface area contributed by atoms with E-state index in [-0.39, 0.29) is 4.90 Å². The fourth-order valence-corrected chi connectivity index (χ4v) is 3.12. The molecule has 0 unspecified atom stereocenters. The van der Waals surface area contributed by atoms with Crippen molar-refractivity contribution in [3.05, 3.63) is 24.3 Å². The predicted molar refractivity (Wildman–Crippen MR) is 76.5 cm³/mol. The first kappa shape index (κ1) is 17.4. The Morgan fingerprint density at radius 3 is 2.43 bits per heavy atom. The van der Waals surface area contributed by atoms with Gasteiger partial charge in [-0.1, -0.05) is 26.8 Å². The van der Waals surface area contributed by atoms with Gasteiger partial charge in [-0.2, -0.15) is 4.72 Å². The van der Waals surface area contributed by atoms with Gasteiger partial charge in [-0.05, 0) is 17.5 Å². The topological polar surface area (TPSA) is 105 Å². The molecule has 0 radical (unpaired) electrons. The largest absolute Gasteiger partial charge is 0.497 e. The van der Waals surface area contributed by atoms with E-state index in [9.17, 15) is 13.2 Å². The molecule has 0 aliphatic heterocycles. The molecule has 0 aliphatic rings. The Labute approximate surface area is 124 Å². The van der Waals surface area contributed by atoms with Crippen LogP contribution in [0.3, 0.4) is 0 Å². The fourth-order valence-electron chi connectivity index (χ4n) is 1.68. The van der Waals surface area contributed by atoms with Crippen molar-refractivity contribution in [2.24, 2.45) is 5.41 Å². The molecule has 3 N–H and O–H groups in total. The molecular weight excluding hydrogens is 296 g/mol. The van der Waals surface area contributed by atoms with Gasteiger partial charge in [0.2, 0.25) is 10.0 Å². The number of hydroxylamine groups is 1. The van der Waals surface area contributed by atoms with Crippen LogP contribution in [0, 0.1) is 5.41 Å². The van der Waals surface area contributed by atoms with Gasteiger partial charge in [0.15, 0.2) is 0 Å². The standard InChI is InChI=1S/C13H20N2O5S/c1-13(2,3)11(12(16)14-17)15-21(18,19)10-7-5-6-9(8-10)20-4/h5-8,11,15,17H,1-4H3,(H,14,16)/t11-/m0/s1. The van der Waals surface area contributed by atoms with E-state index in [1.165, 1.54) is 30.8 Å². The molecule has 0 saturated carbocycles. The lowest BCUT2D eigenvalue weighted by molar-refractivity contribution is -0.133. The van der Waals surface area contributed by atoms with Crippen molar-refractivity contribution >= 4 is 15.9 Å². The van der Waals surface area contributed by atoms with Crippen LogP contribution in [-0.2, 0) is 14.8 Å². The van der Waals surface area contributed by atoms with Gasteiger partial charge in [-0.15, -0.1) is 0 Å². The summed E-state index contributed by atoms with van der Waals surface area (Å²) >= 11 is 0. The van der Waals surface area contributed by atoms with E-state index in [1.54, 1.807) is 26.8 Å². The van der Waals surface area contributed by atoms with Crippen molar-refractivity contribution < 1.29 is 23.2 Å². The minimum atomic E-state index is -3.93. The quantitative estimate of drug-likeness (QED) is 0.553. The molecule has 0 aliphatic carbocycles. The Kier molecular flexibility index (Phi) is 5.32. The highest BCUT2D eigenvalue weighted by atomic mass is 32.2. The van der Waals surface area contributed by atoms with Crippen LogP contribution in [0.2, 0.25) is 0 Å². The van der Waals surface area contributed by atoms with Crippen LogP contribution < -0.4 is 14.9 Å². The van der Waals surface area contributed by atoms with Crippen LogP contribution >= 0.6 is 0 Å². The number of carbonyl (C=O) groups is 1. The molecule has 0 spiro atoms. The number of hydrogen-bond donors (Lipinski definition) is 3.